The van der Waals surface area contributed by atoms with Gasteiger partial charge in [-0.3, -0.25) is 14.3 Å². The minimum atomic E-state index is -3.39. The summed E-state index contributed by atoms with van der Waals surface area (Å²) in [7, 11) is -1.76. The van der Waals surface area contributed by atoms with E-state index < -0.39 is 19.8 Å². The van der Waals surface area contributed by atoms with Gasteiger partial charge in [-0.1, -0.05) is 12.1 Å². The Morgan fingerprint density at radius 2 is 1.94 bits per heavy atom. The lowest BCUT2D eigenvalue weighted by atomic mass is 10.0. The number of fused-ring (bicyclic) bond motifs is 1. The van der Waals surface area contributed by atoms with Crippen molar-refractivity contribution in [1.82, 2.24) is 20.0 Å². The molecular formula is C25H29N5O5S. The summed E-state index contributed by atoms with van der Waals surface area (Å²) in [6.45, 7) is 1.70. The summed E-state index contributed by atoms with van der Waals surface area (Å²) in [5, 5.41) is 15.7. The smallest absolute Gasteiger partial charge is 0.272 e. The SMILES string of the molecule is Cn1nc(C(=O)NCc2ccc(C#N)cc2)c2c1C(=O)N(CC1(S(=O)(=O)C3CCOCC3)CC1)CC2. The second-order valence-electron chi connectivity index (χ2n) is 9.81. The predicted octanol–water partition coefficient (Wildman–Crippen LogP) is 1.35. The first-order valence-electron chi connectivity index (χ1n) is 12.2. The first kappa shape index (κ1) is 24.5. The summed E-state index contributed by atoms with van der Waals surface area (Å²) in [5.41, 5.74) is 2.53. The second kappa shape index (κ2) is 9.33. The van der Waals surface area contributed by atoms with Crippen LogP contribution in [0.5, 0.6) is 0 Å². The average Bonchev–Trinajstić information content (AvgIpc) is 3.61. The molecule has 1 N–H and O–H groups in total. The van der Waals surface area contributed by atoms with Crippen molar-refractivity contribution in [2.75, 3.05) is 26.3 Å². The Morgan fingerprint density at radius 1 is 1.25 bits per heavy atom. The van der Waals surface area contributed by atoms with Crippen molar-refractivity contribution in [3.63, 3.8) is 0 Å². The number of amides is 2. The standard InChI is InChI=1S/C25H29N5O5S/c1-29-22-20(21(28-29)23(31)27-15-18-4-2-17(14-26)3-5-18)6-11-30(24(22)32)16-25(9-10-25)36(33,34)19-7-12-35-13-8-19/h2-5,19H,6-13,15-16H2,1H3,(H,27,31). The monoisotopic (exact) mass is 511 g/mol. The highest BCUT2D eigenvalue weighted by atomic mass is 32.2. The zero-order valence-electron chi connectivity index (χ0n) is 20.2. The van der Waals surface area contributed by atoms with E-state index in [-0.39, 0.29) is 30.6 Å². The molecule has 36 heavy (non-hydrogen) atoms. The van der Waals surface area contributed by atoms with Crippen molar-refractivity contribution >= 4 is 21.7 Å². The molecule has 3 aliphatic rings. The Kier molecular flexibility index (Phi) is 6.34. The minimum Gasteiger partial charge on any atom is -0.381 e. The van der Waals surface area contributed by atoms with Crippen LogP contribution in [0, 0.1) is 11.3 Å². The molecule has 1 saturated heterocycles. The maximum atomic E-state index is 13.4. The lowest BCUT2D eigenvalue weighted by molar-refractivity contribution is 0.0722. The Balaban J connectivity index is 1.29. The Labute approximate surface area is 210 Å². The Hall–Kier alpha value is -3.23. The molecular weight excluding hydrogens is 482 g/mol. The maximum Gasteiger partial charge on any atom is 0.272 e. The highest BCUT2D eigenvalue weighted by Gasteiger charge is 2.58. The van der Waals surface area contributed by atoms with E-state index >= 15 is 0 Å². The molecule has 0 bridgehead atoms. The molecule has 0 radical (unpaired) electrons. The van der Waals surface area contributed by atoms with E-state index in [1.54, 1.807) is 36.2 Å². The van der Waals surface area contributed by atoms with Crippen molar-refractivity contribution < 1.29 is 22.7 Å². The van der Waals surface area contributed by atoms with Crippen LogP contribution in [0.15, 0.2) is 24.3 Å². The van der Waals surface area contributed by atoms with Crippen LogP contribution in [0.4, 0.5) is 0 Å². The number of carbonyl (C=O) groups excluding carboxylic acids is 2. The van der Waals surface area contributed by atoms with Crippen LogP contribution in [-0.4, -0.2) is 71.2 Å². The molecule has 2 fully saturated rings. The van der Waals surface area contributed by atoms with Gasteiger partial charge in [0.25, 0.3) is 11.8 Å². The van der Waals surface area contributed by atoms with Crippen LogP contribution >= 0.6 is 0 Å². The summed E-state index contributed by atoms with van der Waals surface area (Å²) in [6, 6.07) is 8.98. The van der Waals surface area contributed by atoms with E-state index in [1.165, 1.54) is 4.68 Å². The van der Waals surface area contributed by atoms with Gasteiger partial charge in [0.2, 0.25) is 0 Å². The van der Waals surface area contributed by atoms with Crippen LogP contribution in [0.25, 0.3) is 0 Å². The Morgan fingerprint density at radius 3 is 2.58 bits per heavy atom. The first-order chi connectivity index (χ1) is 17.3. The lowest BCUT2D eigenvalue weighted by Gasteiger charge is -2.33. The molecule has 190 valence electrons. The van der Waals surface area contributed by atoms with Gasteiger partial charge in [-0.15, -0.1) is 0 Å². The number of nitrogens with one attached hydrogen (secondary N) is 1. The molecule has 5 rings (SSSR count). The molecule has 0 unspecified atom stereocenters. The van der Waals surface area contributed by atoms with Gasteiger partial charge in [0.1, 0.15) is 5.69 Å². The summed E-state index contributed by atoms with van der Waals surface area (Å²) in [6.07, 6.45) is 2.58. The minimum absolute atomic E-state index is 0.177. The topological polar surface area (TPSA) is 134 Å². The maximum absolute atomic E-state index is 13.4. The van der Waals surface area contributed by atoms with Crippen molar-refractivity contribution in [3.8, 4) is 6.07 Å². The van der Waals surface area contributed by atoms with E-state index in [0.717, 1.165) is 5.56 Å². The number of hydrogen-bond donors (Lipinski definition) is 1. The quantitative estimate of drug-likeness (QED) is 0.593. The van der Waals surface area contributed by atoms with Crippen LogP contribution in [0.1, 0.15) is 63.4 Å². The highest BCUT2D eigenvalue weighted by Crippen LogP contribution is 2.48. The Bertz CT molecular complexity index is 1330. The predicted molar refractivity (Wildman–Crippen MR) is 130 cm³/mol. The van der Waals surface area contributed by atoms with E-state index in [0.29, 0.717) is 68.7 Å². The van der Waals surface area contributed by atoms with Crippen molar-refractivity contribution in [1.29, 1.82) is 5.26 Å². The first-order valence-corrected chi connectivity index (χ1v) is 13.7. The molecule has 1 aliphatic carbocycles. The number of nitrogens with zero attached hydrogens (tertiary/aromatic N) is 4. The van der Waals surface area contributed by atoms with E-state index in [9.17, 15) is 18.0 Å². The zero-order chi connectivity index (χ0) is 25.5. The molecule has 2 aromatic rings. The molecule has 11 heteroatoms. The number of aryl methyl sites for hydroxylation is 1. The fourth-order valence-corrected chi connectivity index (χ4v) is 7.75. The van der Waals surface area contributed by atoms with E-state index in [1.807, 2.05) is 0 Å². The third-order valence-corrected chi connectivity index (χ3v) is 10.6. The van der Waals surface area contributed by atoms with Gasteiger partial charge in [0, 0.05) is 45.5 Å². The van der Waals surface area contributed by atoms with Gasteiger partial charge < -0.3 is 15.0 Å². The van der Waals surface area contributed by atoms with Crippen molar-refractivity contribution in [2.24, 2.45) is 7.05 Å². The van der Waals surface area contributed by atoms with Gasteiger partial charge >= 0.3 is 0 Å². The van der Waals surface area contributed by atoms with Gasteiger partial charge in [-0.05, 0) is 49.8 Å². The fraction of sp³-hybridized carbons (Fsp3) is 0.520. The van der Waals surface area contributed by atoms with E-state index in [2.05, 4.69) is 16.5 Å². The third-order valence-electron chi connectivity index (χ3n) is 7.52. The fourth-order valence-electron chi connectivity index (χ4n) is 5.23. The number of ether oxygens (including phenoxy) is 1. The van der Waals surface area contributed by atoms with Crippen LogP contribution < -0.4 is 5.32 Å². The number of hydrogen-bond acceptors (Lipinski definition) is 7. The summed E-state index contributed by atoms with van der Waals surface area (Å²) in [4.78, 5) is 27.9. The number of benzene rings is 1. The molecule has 1 aromatic heterocycles. The van der Waals surface area contributed by atoms with Gasteiger partial charge in [0.15, 0.2) is 15.5 Å². The normalized spacial score (nSPS) is 19.4. The molecule has 3 heterocycles. The number of rotatable bonds is 7. The number of aromatic nitrogens is 2. The number of sulfone groups is 1. The van der Waals surface area contributed by atoms with Gasteiger partial charge in [-0.25, -0.2) is 8.42 Å². The molecule has 2 aliphatic heterocycles. The van der Waals surface area contributed by atoms with Crippen LogP contribution in [0.2, 0.25) is 0 Å². The molecule has 10 nitrogen and oxygen atoms in total. The largest absolute Gasteiger partial charge is 0.381 e. The third kappa shape index (κ3) is 4.29. The van der Waals surface area contributed by atoms with Crippen molar-refractivity contribution in [2.45, 2.75) is 48.6 Å². The van der Waals surface area contributed by atoms with Crippen LogP contribution in [0.3, 0.4) is 0 Å². The van der Waals surface area contributed by atoms with Crippen LogP contribution in [-0.2, 0) is 34.6 Å². The summed E-state index contributed by atoms with van der Waals surface area (Å²) in [5.74, 6) is -0.663. The molecule has 1 saturated carbocycles. The van der Waals surface area contributed by atoms with Gasteiger partial charge in [0.05, 0.1) is 21.6 Å². The number of nitriles is 1. The van der Waals surface area contributed by atoms with Crippen molar-refractivity contribution in [3.05, 3.63) is 52.3 Å². The van der Waals surface area contributed by atoms with E-state index in [4.69, 9.17) is 10.00 Å². The summed E-state index contributed by atoms with van der Waals surface area (Å²) >= 11 is 0. The average molecular weight is 512 g/mol. The molecule has 2 amide bonds. The zero-order valence-corrected chi connectivity index (χ0v) is 21.0. The highest BCUT2D eigenvalue weighted by molar-refractivity contribution is 7.93. The molecule has 1 aromatic carbocycles. The van der Waals surface area contributed by atoms with Gasteiger partial charge in [-0.2, -0.15) is 10.4 Å². The summed E-state index contributed by atoms with van der Waals surface area (Å²) < 4.78 is 32.7. The second-order valence-corrected chi connectivity index (χ2v) is 12.4. The number of carbonyl (C=O) groups is 2. The molecule has 0 atom stereocenters. The lowest BCUT2D eigenvalue weighted by Crippen LogP contribution is -2.48. The molecule has 0 spiro atoms.